The first kappa shape index (κ1) is 24.8. The first-order valence-electron chi connectivity index (χ1n) is 12.1. The Labute approximate surface area is 224 Å². The van der Waals surface area contributed by atoms with Gasteiger partial charge < -0.3 is 14.6 Å². The lowest BCUT2D eigenvalue weighted by Gasteiger charge is -2.42. The molecule has 1 atom stereocenters. The third-order valence-electron chi connectivity index (χ3n) is 6.89. The summed E-state index contributed by atoms with van der Waals surface area (Å²) in [6.07, 6.45) is 1.74. The van der Waals surface area contributed by atoms with Crippen molar-refractivity contribution < 1.29 is 19.4 Å². The van der Waals surface area contributed by atoms with Crippen molar-refractivity contribution in [2.75, 3.05) is 19.1 Å². The molecule has 0 spiro atoms. The van der Waals surface area contributed by atoms with Crippen molar-refractivity contribution in [3.05, 3.63) is 105 Å². The van der Waals surface area contributed by atoms with Gasteiger partial charge in [-0.2, -0.15) is 0 Å². The van der Waals surface area contributed by atoms with Crippen molar-refractivity contribution in [2.24, 2.45) is 0 Å². The van der Waals surface area contributed by atoms with Crippen molar-refractivity contribution in [3.8, 4) is 11.5 Å². The first-order valence-corrected chi connectivity index (χ1v) is 12.8. The number of aliphatic hydroxyl groups is 1. The predicted octanol–water partition coefficient (Wildman–Crippen LogP) is 7.02. The molecule has 0 radical (unpaired) electrons. The lowest BCUT2D eigenvalue weighted by molar-refractivity contribution is -0.116. The standard InChI is InChI=1S/C30H27BrN2O4/c1-36-21-15-16-25(37-2)22(17-21)26-27-23(9-6-10-24(27)34)33(20-13-11-19(31)12-14-20)30(32)28(26)29(35)18-7-4-3-5-8-18/h3-5,7-8,11-17,26,32,35H,6,9-10H2,1-2H3/b29-28+,32-30?/t26-/m1/s1. The van der Waals surface area contributed by atoms with E-state index in [-0.39, 0.29) is 17.4 Å². The van der Waals surface area contributed by atoms with Crippen LogP contribution in [0.4, 0.5) is 5.69 Å². The Morgan fingerprint density at radius 1 is 1.00 bits per heavy atom. The molecule has 0 fully saturated rings. The summed E-state index contributed by atoms with van der Waals surface area (Å²) < 4.78 is 12.1. The Balaban J connectivity index is 1.86. The van der Waals surface area contributed by atoms with Gasteiger partial charge in [0.15, 0.2) is 5.78 Å². The highest BCUT2D eigenvalue weighted by Gasteiger charge is 2.44. The van der Waals surface area contributed by atoms with Crippen molar-refractivity contribution in [1.82, 2.24) is 0 Å². The van der Waals surface area contributed by atoms with Crippen LogP contribution in [0.2, 0.25) is 0 Å². The van der Waals surface area contributed by atoms with E-state index in [0.29, 0.717) is 53.0 Å². The lowest BCUT2D eigenvalue weighted by atomic mass is 9.73. The molecule has 188 valence electrons. The number of anilines is 1. The van der Waals surface area contributed by atoms with Gasteiger partial charge in [-0.1, -0.05) is 46.3 Å². The molecule has 2 N–H and O–H groups in total. The van der Waals surface area contributed by atoms with E-state index in [9.17, 15) is 15.3 Å². The molecule has 2 aliphatic rings. The molecule has 5 rings (SSSR count). The number of rotatable bonds is 5. The molecular weight excluding hydrogens is 532 g/mol. The van der Waals surface area contributed by atoms with Crippen LogP contribution in [0, 0.1) is 5.41 Å². The van der Waals surface area contributed by atoms with E-state index in [2.05, 4.69) is 15.9 Å². The minimum absolute atomic E-state index is 0.00379. The van der Waals surface area contributed by atoms with Gasteiger partial charge in [0.2, 0.25) is 0 Å². The van der Waals surface area contributed by atoms with Gasteiger partial charge in [0.1, 0.15) is 23.1 Å². The number of carbonyl (C=O) groups excluding carboxylic acids is 1. The van der Waals surface area contributed by atoms with Gasteiger partial charge in [-0.25, -0.2) is 0 Å². The smallest absolute Gasteiger partial charge is 0.161 e. The predicted molar refractivity (Wildman–Crippen MR) is 149 cm³/mol. The van der Waals surface area contributed by atoms with E-state index in [1.165, 1.54) is 0 Å². The molecule has 0 saturated carbocycles. The highest BCUT2D eigenvalue weighted by molar-refractivity contribution is 9.10. The Morgan fingerprint density at radius 3 is 2.41 bits per heavy atom. The van der Waals surface area contributed by atoms with E-state index in [0.717, 1.165) is 15.9 Å². The van der Waals surface area contributed by atoms with Gasteiger partial charge in [0, 0.05) is 44.6 Å². The Bertz CT molecular complexity index is 1430. The highest BCUT2D eigenvalue weighted by atomic mass is 79.9. The van der Waals surface area contributed by atoms with Gasteiger partial charge in [-0.15, -0.1) is 0 Å². The number of benzene rings is 3. The summed E-state index contributed by atoms with van der Waals surface area (Å²) in [6, 6.07) is 22.2. The molecule has 0 saturated heterocycles. The van der Waals surface area contributed by atoms with Crippen LogP contribution in [-0.2, 0) is 4.79 Å². The van der Waals surface area contributed by atoms with Gasteiger partial charge >= 0.3 is 0 Å². The van der Waals surface area contributed by atoms with Crippen molar-refractivity contribution >= 4 is 39.0 Å². The van der Waals surface area contributed by atoms with Crippen LogP contribution >= 0.6 is 15.9 Å². The van der Waals surface area contributed by atoms with Gasteiger partial charge in [-0.05, 0) is 55.3 Å². The summed E-state index contributed by atoms with van der Waals surface area (Å²) >= 11 is 3.48. The normalized spacial score (nSPS) is 19.0. The van der Waals surface area contributed by atoms with Gasteiger partial charge in [0.25, 0.3) is 0 Å². The summed E-state index contributed by atoms with van der Waals surface area (Å²) in [4.78, 5) is 15.5. The van der Waals surface area contributed by atoms with Crippen LogP contribution in [0.3, 0.4) is 0 Å². The zero-order chi connectivity index (χ0) is 26.1. The van der Waals surface area contributed by atoms with E-state index in [4.69, 9.17) is 9.47 Å². The second-order valence-corrected chi connectivity index (χ2v) is 9.88. The number of Topliss-reactive ketones (excluding diaryl/α,β-unsaturated/α-hetero) is 1. The number of nitrogens with one attached hydrogen (secondary N) is 1. The number of allylic oxidation sites excluding steroid dienone is 2. The van der Waals surface area contributed by atoms with Crippen molar-refractivity contribution in [3.63, 3.8) is 0 Å². The second-order valence-electron chi connectivity index (χ2n) is 8.97. The van der Waals surface area contributed by atoms with Crippen molar-refractivity contribution in [1.29, 1.82) is 5.41 Å². The average molecular weight is 559 g/mol. The van der Waals surface area contributed by atoms with Crippen LogP contribution in [0.5, 0.6) is 11.5 Å². The Kier molecular flexibility index (Phi) is 6.89. The fraction of sp³-hybridized carbons (Fsp3) is 0.200. The maximum Gasteiger partial charge on any atom is 0.161 e. The van der Waals surface area contributed by atoms with E-state index in [1.54, 1.807) is 43.4 Å². The molecule has 3 aromatic carbocycles. The van der Waals surface area contributed by atoms with Crippen LogP contribution in [-0.4, -0.2) is 30.9 Å². The number of halogens is 1. The molecule has 0 unspecified atom stereocenters. The molecule has 7 heteroatoms. The summed E-state index contributed by atoms with van der Waals surface area (Å²) in [5.74, 6) is 0.525. The third kappa shape index (κ3) is 4.44. The number of carbonyl (C=O) groups is 1. The number of amidine groups is 1. The minimum Gasteiger partial charge on any atom is -0.507 e. The van der Waals surface area contributed by atoms with Crippen LogP contribution in [0.25, 0.3) is 5.76 Å². The molecule has 0 bridgehead atoms. The molecule has 0 aromatic heterocycles. The summed E-state index contributed by atoms with van der Waals surface area (Å²) in [5.41, 5.74) is 3.69. The first-order chi connectivity index (χ1) is 17.9. The Morgan fingerprint density at radius 2 is 1.73 bits per heavy atom. The van der Waals surface area contributed by atoms with Crippen LogP contribution in [0.1, 0.15) is 36.3 Å². The maximum atomic E-state index is 13.7. The number of hydrogen-bond acceptors (Lipinski definition) is 5. The molecule has 1 aliphatic carbocycles. The van der Waals surface area contributed by atoms with Crippen LogP contribution in [0.15, 0.2) is 94.1 Å². The van der Waals surface area contributed by atoms with E-state index >= 15 is 0 Å². The van der Waals surface area contributed by atoms with Gasteiger partial charge in [-0.3, -0.25) is 15.1 Å². The molecule has 3 aromatic rings. The molecule has 1 heterocycles. The molecule has 0 amide bonds. The third-order valence-corrected chi connectivity index (χ3v) is 7.42. The quantitative estimate of drug-likeness (QED) is 0.328. The topological polar surface area (TPSA) is 82.9 Å². The SMILES string of the molecule is COc1ccc(OC)c([C@@H]2C3=C(CCCC3=O)N(c3ccc(Br)cc3)C(=N)/C2=C(/O)c2ccccc2)c1. The zero-order valence-electron chi connectivity index (χ0n) is 20.6. The fourth-order valence-electron chi connectivity index (χ4n) is 5.19. The summed E-state index contributed by atoms with van der Waals surface area (Å²) in [5, 5.41) is 21.2. The fourth-order valence-corrected chi connectivity index (χ4v) is 5.46. The number of nitrogens with zero attached hydrogens (tertiary/aromatic N) is 1. The minimum atomic E-state index is -0.702. The molecule has 1 aliphatic heterocycles. The van der Waals surface area contributed by atoms with E-state index < -0.39 is 5.92 Å². The zero-order valence-corrected chi connectivity index (χ0v) is 22.2. The number of ketones is 1. The lowest BCUT2D eigenvalue weighted by Crippen LogP contribution is -2.42. The van der Waals surface area contributed by atoms with Crippen LogP contribution < -0.4 is 14.4 Å². The van der Waals surface area contributed by atoms with E-state index in [1.807, 2.05) is 48.5 Å². The average Bonchev–Trinajstić information content (AvgIpc) is 2.93. The second kappa shape index (κ2) is 10.3. The molecule has 37 heavy (non-hydrogen) atoms. The number of methoxy groups -OCH3 is 2. The largest absolute Gasteiger partial charge is 0.507 e. The summed E-state index contributed by atoms with van der Waals surface area (Å²) in [7, 11) is 3.16. The molecule has 6 nitrogen and oxygen atoms in total. The number of hydrogen-bond donors (Lipinski definition) is 2. The molecular formula is C30H27BrN2O4. The monoisotopic (exact) mass is 558 g/mol. The summed E-state index contributed by atoms with van der Waals surface area (Å²) in [6.45, 7) is 0. The maximum absolute atomic E-state index is 13.7. The van der Waals surface area contributed by atoms with Gasteiger partial charge in [0.05, 0.1) is 20.1 Å². The number of aliphatic hydroxyl groups excluding tert-OH is 1. The number of ether oxygens (including phenoxy) is 2. The Hall–Kier alpha value is -3.84. The highest BCUT2D eigenvalue weighted by Crippen LogP contribution is 2.50. The van der Waals surface area contributed by atoms with Crippen molar-refractivity contribution in [2.45, 2.75) is 25.2 Å².